The predicted octanol–water partition coefficient (Wildman–Crippen LogP) is -3.56. The Balaban J connectivity index is 1.85. The molecule has 12 nitrogen and oxygen atoms in total. The fourth-order valence-corrected chi connectivity index (χ4v) is 5.00. The largest absolute Gasteiger partial charge is 0.472 e. The van der Waals surface area contributed by atoms with Gasteiger partial charge >= 0.3 is 15.6 Å². The summed E-state index contributed by atoms with van der Waals surface area (Å²) in [5, 5.41) is 20.1. The van der Waals surface area contributed by atoms with Gasteiger partial charge in [0.15, 0.2) is 0 Å². The lowest BCUT2D eigenvalue weighted by Crippen LogP contribution is -2.39. The number of aliphatic hydroxyl groups is 2. The number of phosphoric acid groups is 2. The molecule has 3 fully saturated rings. The second-order valence-electron chi connectivity index (χ2n) is 6.41. The molecule has 0 bridgehead atoms. The maximum absolute atomic E-state index is 12.2. The van der Waals surface area contributed by atoms with Crippen molar-refractivity contribution in [3.05, 3.63) is 0 Å². The molecule has 0 aromatic rings. The first-order chi connectivity index (χ1) is 12.0. The molecular formula is C10H20B2O12P2. The molecule has 0 spiro atoms. The molecule has 148 valence electrons. The third kappa shape index (κ3) is 4.43. The average molecular weight is 416 g/mol. The van der Waals surface area contributed by atoms with Crippen molar-refractivity contribution < 1.29 is 56.7 Å². The Bertz CT molecular complexity index is 571. The van der Waals surface area contributed by atoms with Crippen LogP contribution in [0, 0.1) is 0 Å². The van der Waals surface area contributed by atoms with Crippen molar-refractivity contribution in [2.45, 2.75) is 48.6 Å². The first-order valence-corrected chi connectivity index (χ1v) is 11.0. The summed E-state index contributed by atoms with van der Waals surface area (Å²) >= 11 is 0. The Kier molecular flexibility index (Phi) is 6.07. The van der Waals surface area contributed by atoms with E-state index < -0.39 is 77.5 Å². The maximum atomic E-state index is 12.2. The van der Waals surface area contributed by atoms with E-state index in [2.05, 4.69) is 0 Å². The number of phosphoric ester groups is 2. The molecule has 4 N–H and O–H groups in total. The van der Waals surface area contributed by atoms with Crippen molar-refractivity contribution in [1.29, 1.82) is 0 Å². The minimum absolute atomic E-state index is 0.566. The molecule has 0 saturated carbocycles. The van der Waals surface area contributed by atoms with Gasteiger partial charge in [0.1, 0.15) is 52.3 Å². The summed E-state index contributed by atoms with van der Waals surface area (Å²) in [4.78, 5) is 19.8. The standard InChI is InChI=1S/C10H20B2O12P2/c11-9-5(13)7-3(21-9)1-19-25(15,16)24-8-4(22-10(12)6(8)14)2-20-26(17,18)23-7/h3-10,13-14H,1-2,11-12H2,(H,15,16)(H,17,18). The van der Waals surface area contributed by atoms with Crippen LogP contribution >= 0.6 is 15.6 Å². The third-order valence-corrected chi connectivity index (χ3v) is 6.43. The van der Waals surface area contributed by atoms with Crippen LogP contribution < -0.4 is 0 Å². The maximum Gasteiger partial charge on any atom is 0.472 e. The number of hydrogen-bond acceptors (Lipinski definition) is 10. The number of hydrogen-bond donors (Lipinski definition) is 4. The van der Waals surface area contributed by atoms with Crippen LogP contribution in [0.3, 0.4) is 0 Å². The molecule has 3 rings (SSSR count). The molecule has 10 atom stereocenters. The number of rotatable bonds is 0. The van der Waals surface area contributed by atoms with Gasteiger partial charge in [-0.3, -0.25) is 18.1 Å². The molecule has 0 aromatic carbocycles. The average Bonchev–Trinajstić information content (AvgIpc) is 2.95. The Morgan fingerprint density at radius 3 is 1.46 bits per heavy atom. The zero-order valence-electron chi connectivity index (χ0n) is 14.0. The van der Waals surface area contributed by atoms with Crippen LogP contribution in [0.1, 0.15) is 0 Å². The lowest BCUT2D eigenvalue weighted by molar-refractivity contribution is -0.0489. The van der Waals surface area contributed by atoms with Gasteiger partial charge in [-0.15, -0.1) is 0 Å². The topological polar surface area (TPSA) is 170 Å². The Morgan fingerprint density at radius 1 is 0.769 bits per heavy atom. The van der Waals surface area contributed by atoms with Crippen LogP contribution in [0.4, 0.5) is 0 Å². The predicted molar refractivity (Wildman–Crippen MR) is 87.7 cm³/mol. The van der Waals surface area contributed by atoms with E-state index in [9.17, 15) is 29.1 Å². The molecular weight excluding hydrogens is 396 g/mol. The van der Waals surface area contributed by atoms with Crippen molar-refractivity contribution in [2.75, 3.05) is 13.2 Å². The van der Waals surface area contributed by atoms with Crippen molar-refractivity contribution in [1.82, 2.24) is 0 Å². The van der Waals surface area contributed by atoms with E-state index >= 15 is 0 Å². The van der Waals surface area contributed by atoms with Gasteiger partial charge in [-0.25, -0.2) is 9.13 Å². The smallest absolute Gasteiger partial charge is 0.388 e. The first-order valence-electron chi connectivity index (χ1n) is 7.97. The third-order valence-electron chi connectivity index (χ3n) is 4.46. The van der Waals surface area contributed by atoms with Crippen LogP contribution in [-0.4, -0.2) is 97.5 Å². The highest BCUT2D eigenvalue weighted by Crippen LogP contribution is 2.51. The fourth-order valence-electron chi connectivity index (χ4n) is 3.07. The summed E-state index contributed by atoms with van der Waals surface area (Å²) in [6, 6.07) is -1.55. The van der Waals surface area contributed by atoms with E-state index in [4.69, 9.17) is 27.6 Å². The van der Waals surface area contributed by atoms with Gasteiger partial charge in [0.25, 0.3) is 0 Å². The monoisotopic (exact) mass is 416 g/mol. The highest BCUT2D eigenvalue weighted by atomic mass is 31.2. The Labute approximate surface area is 150 Å². The summed E-state index contributed by atoms with van der Waals surface area (Å²) in [5.74, 6) is 0. The molecule has 0 aliphatic carbocycles. The van der Waals surface area contributed by atoms with E-state index in [0.29, 0.717) is 0 Å². The van der Waals surface area contributed by atoms with Crippen LogP contribution in [0.5, 0.6) is 0 Å². The molecule has 0 aromatic heterocycles. The minimum Gasteiger partial charge on any atom is -0.388 e. The van der Waals surface area contributed by atoms with Crippen LogP contribution in [0.2, 0.25) is 0 Å². The highest BCUT2D eigenvalue weighted by molar-refractivity contribution is 7.47. The molecule has 3 aliphatic rings. The van der Waals surface area contributed by atoms with Crippen LogP contribution in [0.15, 0.2) is 0 Å². The Hall–Kier alpha value is 0.190. The molecule has 3 saturated heterocycles. The van der Waals surface area contributed by atoms with E-state index in [0.717, 1.165) is 0 Å². The van der Waals surface area contributed by atoms with Gasteiger partial charge in [0.05, 0.1) is 25.2 Å². The summed E-state index contributed by atoms with van der Waals surface area (Å²) < 4.78 is 54.8. The SMILES string of the molecule is BC1OC2COP(=O)(O)OC3C(COP(=O)(O)OC2C1O)OC(B)C3O. The van der Waals surface area contributed by atoms with Crippen molar-refractivity contribution in [3.63, 3.8) is 0 Å². The first kappa shape index (κ1) is 20.9. The molecule has 0 radical (unpaired) electrons. The molecule has 3 heterocycles. The minimum atomic E-state index is -4.64. The van der Waals surface area contributed by atoms with E-state index in [-0.39, 0.29) is 0 Å². The second kappa shape index (κ2) is 7.55. The molecule has 16 heteroatoms. The van der Waals surface area contributed by atoms with Gasteiger partial charge in [-0.05, 0) is 0 Å². The normalized spacial score (nSPS) is 56.2. The van der Waals surface area contributed by atoms with Gasteiger partial charge in [-0.2, -0.15) is 0 Å². The quantitative estimate of drug-likeness (QED) is 0.227. The highest BCUT2D eigenvalue weighted by Gasteiger charge is 2.50. The summed E-state index contributed by atoms with van der Waals surface area (Å²) in [7, 11) is -6.29. The van der Waals surface area contributed by atoms with Gasteiger partial charge in [-0.1, -0.05) is 0 Å². The van der Waals surface area contributed by atoms with E-state index in [1.165, 1.54) is 15.7 Å². The van der Waals surface area contributed by atoms with Gasteiger partial charge in [0, 0.05) is 0 Å². The summed E-state index contributed by atoms with van der Waals surface area (Å²) in [5.41, 5.74) is 0. The van der Waals surface area contributed by atoms with Crippen LogP contribution in [0.25, 0.3) is 0 Å². The number of aliphatic hydroxyl groups excluding tert-OH is 2. The van der Waals surface area contributed by atoms with Gasteiger partial charge in [0.2, 0.25) is 0 Å². The van der Waals surface area contributed by atoms with Crippen LogP contribution in [-0.2, 0) is 36.7 Å². The summed E-state index contributed by atoms with van der Waals surface area (Å²) in [6.07, 6.45) is -7.46. The summed E-state index contributed by atoms with van der Waals surface area (Å²) in [6.45, 7) is -1.13. The molecule has 10 unspecified atom stereocenters. The number of fused-ring (bicyclic) bond motifs is 2. The Morgan fingerprint density at radius 2 is 1.12 bits per heavy atom. The molecule has 26 heavy (non-hydrogen) atoms. The van der Waals surface area contributed by atoms with Crippen molar-refractivity contribution >= 4 is 31.3 Å². The lowest BCUT2D eigenvalue weighted by Gasteiger charge is -2.28. The second-order valence-corrected chi connectivity index (χ2v) is 9.22. The zero-order chi connectivity index (χ0) is 19.3. The van der Waals surface area contributed by atoms with E-state index in [1.54, 1.807) is 0 Å². The van der Waals surface area contributed by atoms with Crippen molar-refractivity contribution in [2.24, 2.45) is 0 Å². The van der Waals surface area contributed by atoms with E-state index in [1.807, 2.05) is 0 Å². The number of ether oxygens (including phenoxy) is 2. The fraction of sp³-hybridized carbons (Fsp3) is 1.00. The van der Waals surface area contributed by atoms with Crippen molar-refractivity contribution in [3.8, 4) is 0 Å². The zero-order valence-corrected chi connectivity index (χ0v) is 15.8. The lowest BCUT2D eigenvalue weighted by atomic mass is 9.93. The van der Waals surface area contributed by atoms with Gasteiger partial charge < -0.3 is 29.5 Å². The molecule has 3 aliphatic heterocycles. The molecule has 0 amide bonds.